The minimum absolute atomic E-state index is 0.0880. The molecule has 1 heterocycles. The topological polar surface area (TPSA) is 23.6 Å². The third kappa shape index (κ3) is 5.40. The van der Waals surface area contributed by atoms with Gasteiger partial charge in [-0.3, -0.25) is 14.6 Å². The Morgan fingerprint density at radius 2 is 1.64 bits per heavy atom. The fraction of sp³-hybridized carbons (Fsp3) is 0.345. The maximum absolute atomic E-state index is 13.3. The summed E-state index contributed by atoms with van der Waals surface area (Å²) in [6, 6.07) is 24.5. The highest BCUT2D eigenvalue weighted by Crippen LogP contribution is 2.34. The molecule has 3 aromatic carbocycles. The molecule has 0 spiro atoms. The molecule has 0 saturated carbocycles. The number of ketones is 1. The van der Waals surface area contributed by atoms with Gasteiger partial charge in [0.15, 0.2) is 5.78 Å². The summed E-state index contributed by atoms with van der Waals surface area (Å²) in [7, 11) is 0. The molecule has 3 nitrogen and oxygen atoms in total. The molecule has 0 N–H and O–H groups in total. The Kier molecular flexibility index (Phi) is 7.06. The molecular weight excluding hydrogens is 411 g/mol. The number of hydrogen-bond donors (Lipinski definition) is 0. The van der Waals surface area contributed by atoms with Crippen LogP contribution < -0.4 is 0 Å². The van der Waals surface area contributed by atoms with Crippen LogP contribution in [0.2, 0.25) is 0 Å². The highest BCUT2D eigenvalue weighted by Gasteiger charge is 2.34. The Labute approximate surface area is 196 Å². The smallest absolute Gasteiger partial charge is 0.159 e. The number of aryl methyl sites for hydroxylation is 1. The van der Waals surface area contributed by atoms with Crippen molar-refractivity contribution in [3.8, 4) is 0 Å². The van der Waals surface area contributed by atoms with Gasteiger partial charge in [-0.05, 0) is 56.5 Å². The second-order valence-corrected chi connectivity index (χ2v) is 9.45. The summed E-state index contributed by atoms with van der Waals surface area (Å²) < 4.78 is 13.3. The summed E-state index contributed by atoms with van der Waals surface area (Å²) >= 11 is 0. The molecule has 1 fully saturated rings. The monoisotopic (exact) mass is 444 g/mol. The Hall–Kier alpha value is -2.82. The van der Waals surface area contributed by atoms with Gasteiger partial charge in [0, 0.05) is 37.3 Å². The van der Waals surface area contributed by atoms with Gasteiger partial charge in [0.25, 0.3) is 0 Å². The maximum Gasteiger partial charge on any atom is 0.159 e. The molecule has 1 aliphatic heterocycles. The second-order valence-electron chi connectivity index (χ2n) is 9.45. The molecule has 1 aliphatic rings. The number of benzene rings is 3. The predicted octanol–water partition coefficient (Wildman–Crippen LogP) is 6.02. The van der Waals surface area contributed by atoms with Gasteiger partial charge in [-0.25, -0.2) is 4.39 Å². The van der Waals surface area contributed by atoms with Crippen LogP contribution in [-0.2, 0) is 6.54 Å². The van der Waals surface area contributed by atoms with E-state index in [1.54, 1.807) is 6.92 Å². The highest BCUT2D eigenvalue weighted by molar-refractivity contribution is 5.94. The molecule has 0 radical (unpaired) electrons. The first-order valence-electron chi connectivity index (χ1n) is 11.7. The summed E-state index contributed by atoms with van der Waals surface area (Å²) in [5.74, 6) is -0.105. The fourth-order valence-corrected chi connectivity index (χ4v) is 4.95. The van der Waals surface area contributed by atoms with Gasteiger partial charge >= 0.3 is 0 Å². The lowest BCUT2D eigenvalue weighted by Crippen LogP contribution is -2.56. The number of halogens is 1. The molecule has 0 aromatic heterocycles. The predicted molar refractivity (Wildman–Crippen MR) is 132 cm³/mol. The van der Waals surface area contributed by atoms with Crippen LogP contribution >= 0.6 is 0 Å². The molecule has 0 amide bonds. The van der Waals surface area contributed by atoms with E-state index in [2.05, 4.69) is 67.0 Å². The number of piperazine rings is 1. The lowest BCUT2D eigenvalue weighted by Gasteiger charge is -2.47. The van der Waals surface area contributed by atoms with E-state index >= 15 is 0 Å². The minimum Gasteiger partial charge on any atom is -0.295 e. The first kappa shape index (κ1) is 23.3. The third-order valence-corrected chi connectivity index (χ3v) is 6.78. The van der Waals surface area contributed by atoms with Crippen molar-refractivity contribution in [2.24, 2.45) is 0 Å². The highest BCUT2D eigenvalue weighted by atomic mass is 19.1. The minimum atomic E-state index is -0.193. The van der Waals surface area contributed by atoms with E-state index < -0.39 is 0 Å². The van der Waals surface area contributed by atoms with Crippen LogP contribution in [-0.4, -0.2) is 40.8 Å². The summed E-state index contributed by atoms with van der Waals surface area (Å²) in [6.45, 7) is 11.0. The van der Waals surface area contributed by atoms with Gasteiger partial charge in [0.1, 0.15) is 5.82 Å². The van der Waals surface area contributed by atoms with E-state index in [4.69, 9.17) is 0 Å². The third-order valence-electron chi connectivity index (χ3n) is 6.78. The lowest BCUT2D eigenvalue weighted by molar-refractivity contribution is 0.0195. The number of carbonyl (C=O) groups is 1. The molecule has 1 saturated heterocycles. The van der Waals surface area contributed by atoms with Crippen LogP contribution in [0, 0.1) is 12.7 Å². The van der Waals surface area contributed by atoms with E-state index in [1.807, 2.05) is 24.3 Å². The number of Topliss-reactive ketones (excluding diaryl/α,β-unsaturated/α-hetero) is 1. The molecule has 33 heavy (non-hydrogen) atoms. The Morgan fingerprint density at radius 1 is 0.939 bits per heavy atom. The zero-order valence-corrected chi connectivity index (χ0v) is 20.0. The zero-order valence-electron chi connectivity index (χ0n) is 20.0. The molecule has 3 aromatic rings. The van der Waals surface area contributed by atoms with Gasteiger partial charge in [-0.1, -0.05) is 66.2 Å². The number of carbonyl (C=O) groups excluding carboxylic acids is 1. The molecule has 0 bridgehead atoms. The summed E-state index contributed by atoms with van der Waals surface area (Å²) in [5.41, 5.74) is 5.60. The average molecular weight is 445 g/mol. The fourth-order valence-electron chi connectivity index (χ4n) is 4.95. The number of hydrogen-bond acceptors (Lipinski definition) is 3. The van der Waals surface area contributed by atoms with Crippen molar-refractivity contribution in [2.75, 3.05) is 13.1 Å². The van der Waals surface area contributed by atoms with E-state index in [-0.39, 0.29) is 17.6 Å². The van der Waals surface area contributed by atoms with Gasteiger partial charge in [-0.2, -0.15) is 0 Å². The van der Waals surface area contributed by atoms with Crippen molar-refractivity contribution in [3.63, 3.8) is 0 Å². The first-order valence-corrected chi connectivity index (χ1v) is 11.7. The van der Waals surface area contributed by atoms with Crippen LogP contribution in [0.3, 0.4) is 0 Å². The van der Waals surface area contributed by atoms with Crippen LogP contribution in [0.15, 0.2) is 72.8 Å². The summed E-state index contributed by atoms with van der Waals surface area (Å²) in [4.78, 5) is 16.9. The molecule has 0 aliphatic carbocycles. The molecule has 172 valence electrons. The van der Waals surface area contributed by atoms with Crippen molar-refractivity contribution in [1.29, 1.82) is 0 Å². The van der Waals surface area contributed by atoms with E-state index in [0.29, 0.717) is 12.1 Å². The normalized spacial score (nSPS) is 20.5. The van der Waals surface area contributed by atoms with Crippen molar-refractivity contribution < 1.29 is 9.18 Å². The van der Waals surface area contributed by atoms with Crippen molar-refractivity contribution in [3.05, 3.63) is 106 Å². The quantitative estimate of drug-likeness (QED) is 0.434. The van der Waals surface area contributed by atoms with Gasteiger partial charge in [0.05, 0.1) is 6.04 Å². The van der Waals surface area contributed by atoms with E-state index in [0.717, 1.165) is 30.8 Å². The molecular formula is C29H33FN2O. The number of rotatable bonds is 6. The SMILES string of the molecule is CC(=O)c1ccc(C(c2cccc(C)c2)N2C[C@@H](C)N(Cc3ccc(F)cc3)C[C@@H]2C)cc1. The van der Waals surface area contributed by atoms with Crippen LogP contribution in [0.4, 0.5) is 4.39 Å². The largest absolute Gasteiger partial charge is 0.295 e. The van der Waals surface area contributed by atoms with Gasteiger partial charge in [0.2, 0.25) is 0 Å². The second kappa shape index (κ2) is 9.98. The van der Waals surface area contributed by atoms with Crippen LogP contribution in [0.25, 0.3) is 0 Å². The number of nitrogens with zero attached hydrogens (tertiary/aromatic N) is 2. The molecule has 4 rings (SSSR count). The zero-order chi connectivity index (χ0) is 23.5. The standard InChI is InChI=1S/C29H33FN2O/c1-20-6-5-7-27(16-20)29(26-12-10-25(11-13-26)23(4)33)32-18-21(2)31(17-22(32)3)19-24-8-14-28(30)15-9-24/h5-16,21-22,29H,17-19H2,1-4H3/t21-,22+,29?/m1/s1. The Morgan fingerprint density at radius 3 is 2.27 bits per heavy atom. The van der Waals surface area contributed by atoms with Gasteiger partial charge < -0.3 is 0 Å². The molecule has 1 unspecified atom stereocenters. The first-order chi connectivity index (χ1) is 15.8. The Bertz CT molecular complexity index is 1090. The lowest BCUT2D eigenvalue weighted by atomic mass is 9.92. The average Bonchev–Trinajstić information content (AvgIpc) is 2.79. The summed E-state index contributed by atoms with van der Waals surface area (Å²) in [5, 5.41) is 0. The maximum atomic E-state index is 13.3. The van der Waals surface area contributed by atoms with Crippen LogP contribution in [0.5, 0.6) is 0 Å². The van der Waals surface area contributed by atoms with Crippen LogP contribution in [0.1, 0.15) is 59.4 Å². The van der Waals surface area contributed by atoms with E-state index in [9.17, 15) is 9.18 Å². The van der Waals surface area contributed by atoms with Crippen molar-refractivity contribution in [2.45, 2.75) is 52.4 Å². The molecule has 4 heteroatoms. The Balaban J connectivity index is 1.61. The van der Waals surface area contributed by atoms with Crippen molar-refractivity contribution in [1.82, 2.24) is 9.80 Å². The van der Waals surface area contributed by atoms with Gasteiger partial charge in [-0.15, -0.1) is 0 Å². The summed E-state index contributed by atoms with van der Waals surface area (Å²) in [6.07, 6.45) is 0. The van der Waals surface area contributed by atoms with Crippen molar-refractivity contribution >= 4 is 5.78 Å². The van der Waals surface area contributed by atoms with E-state index in [1.165, 1.54) is 28.8 Å². The molecule has 3 atom stereocenters.